The van der Waals surface area contributed by atoms with Crippen molar-refractivity contribution in [1.82, 2.24) is 4.98 Å². The summed E-state index contributed by atoms with van der Waals surface area (Å²) in [6.45, 7) is 5.35. The summed E-state index contributed by atoms with van der Waals surface area (Å²) in [5.74, 6) is -0.464. The summed E-state index contributed by atoms with van der Waals surface area (Å²) in [5.41, 5.74) is 4.03. The summed E-state index contributed by atoms with van der Waals surface area (Å²) in [7, 11) is 0. The highest BCUT2D eigenvalue weighted by molar-refractivity contribution is 5.99. The lowest BCUT2D eigenvalue weighted by atomic mass is 9.96. The van der Waals surface area contributed by atoms with Gasteiger partial charge in [0.15, 0.2) is 0 Å². The highest BCUT2D eigenvalue weighted by Crippen LogP contribution is 2.35. The Bertz CT molecular complexity index is 972. The van der Waals surface area contributed by atoms with E-state index in [0.29, 0.717) is 5.56 Å². The molecule has 3 rings (SSSR count). The lowest BCUT2D eigenvalue weighted by molar-refractivity contribution is -0.131. The largest absolute Gasteiger partial charge is 0.420 e. The number of carbonyl (C=O) groups is 1. The number of ether oxygens (including phenoxy) is 1. The molecule has 0 aliphatic heterocycles. The summed E-state index contributed by atoms with van der Waals surface area (Å²) in [4.78, 5) is 26.9. The van der Waals surface area contributed by atoms with Gasteiger partial charge in [-0.2, -0.15) is 0 Å². The van der Waals surface area contributed by atoms with E-state index in [9.17, 15) is 9.59 Å². The Morgan fingerprint density at radius 1 is 1.17 bits per heavy atom. The summed E-state index contributed by atoms with van der Waals surface area (Å²) in [6.07, 6.45) is 0.882. The van der Waals surface area contributed by atoms with Crippen molar-refractivity contribution in [2.45, 2.75) is 27.2 Å². The van der Waals surface area contributed by atoms with Crippen molar-refractivity contribution in [3.8, 4) is 16.9 Å². The monoisotopic (exact) mass is 321 g/mol. The molecular weight excluding hydrogens is 302 g/mol. The standard InChI is InChI=1S/C20H19NO3/c1-4-14-10-12(2)18-16(11-14)17(15-8-6-5-7-9-15)19(20(23)21-18)24-13(3)22/h5-11H,4H2,1-3H3,(H,21,23). The van der Waals surface area contributed by atoms with Crippen LogP contribution >= 0.6 is 0 Å². The number of aromatic amines is 1. The molecule has 0 fully saturated rings. The van der Waals surface area contributed by atoms with Gasteiger partial charge in [0.1, 0.15) is 0 Å². The SMILES string of the molecule is CCc1cc(C)c2[nH]c(=O)c(OC(C)=O)c(-c3ccccc3)c2c1. The molecule has 2 aromatic carbocycles. The Balaban J connectivity index is 2.48. The molecule has 0 unspecified atom stereocenters. The second-order valence-electron chi connectivity index (χ2n) is 5.81. The molecule has 4 nitrogen and oxygen atoms in total. The van der Waals surface area contributed by atoms with Crippen LogP contribution in [0.15, 0.2) is 47.3 Å². The Labute approximate surface area is 140 Å². The quantitative estimate of drug-likeness (QED) is 0.742. The minimum Gasteiger partial charge on any atom is -0.420 e. The maximum atomic E-state index is 12.5. The van der Waals surface area contributed by atoms with Gasteiger partial charge in [-0.3, -0.25) is 9.59 Å². The zero-order valence-corrected chi connectivity index (χ0v) is 14.0. The number of benzene rings is 2. The van der Waals surface area contributed by atoms with Crippen LogP contribution in [0.2, 0.25) is 0 Å². The van der Waals surface area contributed by atoms with Gasteiger partial charge in [-0.05, 0) is 36.1 Å². The summed E-state index contributed by atoms with van der Waals surface area (Å²) >= 11 is 0. The number of pyridine rings is 1. The number of carbonyl (C=O) groups excluding carboxylic acids is 1. The van der Waals surface area contributed by atoms with E-state index in [4.69, 9.17) is 4.74 Å². The third kappa shape index (κ3) is 2.83. The van der Waals surface area contributed by atoms with E-state index >= 15 is 0 Å². The van der Waals surface area contributed by atoms with E-state index in [1.807, 2.05) is 43.3 Å². The molecule has 0 amide bonds. The van der Waals surface area contributed by atoms with Crippen molar-refractivity contribution in [2.24, 2.45) is 0 Å². The highest BCUT2D eigenvalue weighted by atomic mass is 16.5. The maximum Gasteiger partial charge on any atom is 0.308 e. The molecule has 0 aliphatic carbocycles. The van der Waals surface area contributed by atoms with Crippen molar-refractivity contribution in [1.29, 1.82) is 0 Å². The predicted molar refractivity (Wildman–Crippen MR) is 95.4 cm³/mol. The number of H-pyrrole nitrogens is 1. The zero-order valence-electron chi connectivity index (χ0n) is 14.0. The second kappa shape index (κ2) is 6.32. The number of fused-ring (bicyclic) bond motifs is 1. The van der Waals surface area contributed by atoms with Gasteiger partial charge in [0, 0.05) is 17.9 Å². The third-order valence-corrected chi connectivity index (χ3v) is 4.05. The van der Waals surface area contributed by atoms with E-state index in [1.54, 1.807) is 0 Å². The van der Waals surface area contributed by atoms with Gasteiger partial charge in [0.05, 0.1) is 5.52 Å². The predicted octanol–water partition coefficient (Wildman–Crippen LogP) is 3.99. The van der Waals surface area contributed by atoms with Gasteiger partial charge in [-0.15, -0.1) is 0 Å². The molecular formula is C20H19NO3. The van der Waals surface area contributed by atoms with Gasteiger partial charge in [-0.1, -0.05) is 43.3 Å². The lowest BCUT2D eigenvalue weighted by Gasteiger charge is -2.14. The number of esters is 1. The molecule has 1 aromatic heterocycles. The van der Waals surface area contributed by atoms with Crippen molar-refractivity contribution in [3.05, 3.63) is 63.9 Å². The summed E-state index contributed by atoms with van der Waals surface area (Å²) in [5, 5.41) is 0.883. The zero-order chi connectivity index (χ0) is 17.3. The van der Waals surface area contributed by atoms with Gasteiger partial charge >= 0.3 is 5.97 Å². The molecule has 24 heavy (non-hydrogen) atoms. The van der Waals surface area contributed by atoms with Crippen molar-refractivity contribution in [3.63, 3.8) is 0 Å². The minimum absolute atomic E-state index is 0.0499. The Morgan fingerprint density at radius 2 is 1.88 bits per heavy atom. The Morgan fingerprint density at radius 3 is 2.50 bits per heavy atom. The van der Waals surface area contributed by atoms with Crippen LogP contribution in [0.4, 0.5) is 0 Å². The van der Waals surface area contributed by atoms with E-state index in [1.165, 1.54) is 6.92 Å². The molecule has 0 radical (unpaired) electrons. The normalized spacial score (nSPS) is 10.8. The summed E-state index contributed by atoms with van der Waals surface area (Å²) < 4.78 is 5.27. The average Bonchev–Trinajstić information content (AvgIpc) is 2.56. The van der Waals surface area contributed by atoms with E-state index < -0.39 is 11.5 Å². The van der Waals surface area contributed by atoms with E-state index in [-0.39, 0.29) is 5.75 Å². The topological polar surface area (TPSA) is 59.2 Å². The van der Waals surface area contributed by atoms with Crippen LogP contribution in [0.3, 0.4) is 0 Å². The first-order valence-corrected chi connectivity index (χ1v) is 7.94. The van der Waals surface area contributed by atoms with Crippen molar-refractivity contribution >= 4 is 16.9 Å². The van der Waals surface area contributed by atoms with E-state index in [2.05, 4.69) is 18.0 Å². The molecule has 0 saturated heterocycles. The molecule has 4 heteroatoms. The molecule has 0 bridgehead atoms. The number of hydrogen-bond donors (Lipinski definition) is 1. The third-order valence-electron chi connectivity index (χ3n) is 4.05. The van der Waals surface area contributed by atoms with Gasteiger partial charge < -0.3 is 9.72 Å². The van der Waals surface area contributed by atoms with Crippen LogP contribution in [-0.4, -0.2) is 11.0 Å². The minimum atomic E-state index is -0.514. The number of aromatic nitrogens is 1. The molecule has 0 atom stereocenters. The molecule has 1 N–H and O–H groups in total. The van der Waals surface area contributed by atoms with Crippen molar-refractivity contribution < 1.29 is 9.53 Å². The number of nitrogens with one attached hydrogen (secondary N) is 1. The van der Waals surface area contributed by atoms with Crippen LogP contribution in [0.5, 0.6) is 5.75 Å². The second-order valence-corrected chi connectivity index (χ2v) is 5.81. The molecule has 1 heterocycles. The van der Waals surface area contributed by atoms with Crippen LogP contribution < -0.4 is 10.3 Å². The van der Waals surface area contributed by atoms with E-state index in [0.717, 1.165) is 34.0 Å². The fourth-order valence-corrected chi connectivity index (χ4v) is 2.97. The fourth-order valence-electron chi connectivity index (χ4n) is 2.97. The first-order valence-electron chi connectivity index (χ1n) is 7.94. The first kappa shape index (κ1) is 16.0. The fraction of sp³-hybridized carbons (Fsp3) is 0.200. The van der Waals surface area contributed by atoms with Crippen LogP contribution in [0, 0.1) is 6.92 Å². The number of aryl methyl sites for hydroxylation is 2. The van der Waals surface area contributed by atoms with Crippen LogP contribution in [-0.2, 0) is 11.2 Å². The van der Waals surface area contributed by atoms with Crippen LogP contribution in [0.25, 0.3) is 22.0 Å². The number of rotatable bonds is 3. The van der Waals surface area contributed by atoms with Crippen molar-refractivity contribution in [2.75, 3.05) is 0 Å². The van der Waals surface area contributed by atoms with Gasteiger partial charge in [0.2, 0.25) is 5.75 Å². The molecule has 122 valence electrons. The lowest BCUT2D eigenvalue weighted by Crippen LogP contribution is -2.16. The Hall–Kier alpha value is -2.88. The maximum absolute atomic E-state index is 12.5. The average molecular weight is 321 g/mol. The molecule has 0 saturated carbocycles. The number of hydrogen-bond acceptors (Lipinski definition) is 3. The van der Waals surface area contributed by atoms with Gasteiger partial charge in [0.25, 0.3) is 5.56 Å². The Kier molecular flexibility index (Phi) is 4.21. The molecule has 3 aromatic rings. The van der Waals surface area contributed by atoms with Gasteiger partial charge in [-0.25, -0.2) is 0 Å². The molecule has 0 spiro atoms. The molecule has 0 aliphatic rings. The summed E-state index contributed by atoms with van der Waals surface area (Å²) in [6, 6.07) is 13.6. The van der Waals surface area contributed by atoms with Crippen LogP contribution in [0.1, 0.15) is 25.0 Å². The highest BCUT2D eigenvalue weighted by Gasteiger charge is 2.18. The first-order chi connectivity index (χ1) is 11.5. The smallest absolute Gasteiger partial charge is 0.308 e.